The molecule has 0 radical (unpaired) electrons. The first-order valence-corrected chi connectivity index (χ1v) is 13.7. The van der Waals surface area contributed by atoms with Crippen molar-refractivity contribution in [1.82, 2.24) is 9.97 Å². The normalized spacial score (nSPS) is 21.7. The van der Waals surface area contributed by atoms with Crippen LogP contribution < -0.4 is 5.32 Å². The van der Waals surface area contributed by atoms with Crippen LogP contribution in [0.5, 0.6) is 0 Å². The molecule has 1 N–H and O–H groups in total. The van der Waals surface area contributed by atoms with Crippen LogP contribution in [0, 0.1) is 3.57 Å². The molecule has 2 rings (SSSR count). The third kappa shape index (κ3) is 5.39. The first kappa shape index (κ1) is 20.1. The number of anilines is 1. The van der Waals surface area contributed by atoms with Gasteiger partial charge in [0.05, 0.1) is 17.3 Å². The molecular weight excluding hydrogens is 429 g/mol. The summed E-state index contributed by atoms with van der Waals surface area (Å²) >= 11 is 2.38. The van der Waals surface area contributed by atoms with Crippen molar-refractivity contribution in [2.45, 2.75) is 76.7 Å². The van der Waals surface area contributed by atoms with Crippen molar-refractivity contribution < 1.29 is 4.74 Å². The van der Waals surface area contributed by atoms with Gasteiger partial charge < -0.3 is 10.1 Å². The number of nitrogens with zero attached hydrogens (tertiary/aromatic N) is 2. The average molecular weight is 461 g/mol. The minimum absolute atomic E-state index is 0.561. The highest BCUT2D eigenvalue weighted by molar-refractivity contribution is 14.1. The number of aromatic nitrogens is 2. The molecule has 24 heavy (non-hydrogen) atoms. The van der Waals surface area contributed by atoms with Gasteiger partial charge in [0.1, 0.15) is 12.1 Å². The molecule has 0 aliphatic heterocycles. The molecule has 1 saturated carbocycles. The van der Waals surface area contributed by atoms with Gasteiger partial charge >= 0.3 is 0 Å². The Morgan fingerprint density at radius 3 is 2.54 bits per heavy atom. The zero-order chi connectivity index (χ0) is 17.6. The Hall–Kier alpha value is -0.213. The monoisotopic (exact) mass is 461 g/mol. The van der Waals surface area contributed by atoms with E-state index >= 15 is 0 Å². The second-order valence-electron chi connectivity index (χ2n) is 7.46. The molecule has 0 spiro atoms. The summed E-state index contributed by atoms with van der Waals surface area (Å²) in [5.41, 5.74) is 2.08. The maximum absolute atomic E-state index is 5.60. The van der Waals surface area contributed by atoms with Gasteiger partial charge in [-0.05, 0) is 60.4 Å². The highest BCUT2D eigenvalue weighted by Gasteiger charge is 2.34. The third-order valence-electron chi connectivity index (χ3n) is 5.46. The van der Waals surface area contributed by atoms with Crippen LogP contribution in [0.2, 0.25) is 24.7 Å². The Balaban J connectivity index is 1.87. The second kappa shape index (κ2) is 9.47. The molecule has 1 aliphatic carbocycles. The lowest BCUT2D eigenvalue weighted by Gasteiger charge is -2.38. The van der Waals surface area contributed by atoms with Crippen molar-refractivity contribution in [1.29, 1.82) is 0 Å². The van der Waals surface area contributed by atoms with Gasteiger partial charge in [-0.2, -0.15) is 0 Å². The number of halogens is 1. The van der Waals surface area contributed by atoms with Gasteiger partial charge in [-0.25, -0.2) is 9.97 Å². The van der Waals surface area contributed by atoms with Crippen molar-refractivity contribution in [2.24, 2.45) is 0 Å². The van der Waals surface area contributed by atoms with Gasteiger partial charge in [0.2, 0.25) is 0 Å². The molecule has 0 bridgehead atoms. The molecule has 0 amide bonds. The summed E-state index contributed by atoms with van der Waals surface area (Å²) in [5, 5.41) is 3.68. The summed E-state index contributed by atoms with van der Waals surface area (Å²) < 4.78 is 6.79. The van der Waals surface area contributed by atoms with E-state index in [9.17, 15) is 0 Å². The van der Waals surface area contributed by atoms with Crippen LogP contribution in [0.25, 0.3) is 0 Å². The van der Waals surface area contributed by atoms with Gasteiger partial charge in [-0.15, -0.1) is 0 Å². The minimum atomic E-state index is -1.17. The standard InChI is InChI=1S/C18H32IN3OSi/c1-5-16-17(19)18(21-13-20-16)22-14-7-9-15(10-8-14)24(3,4)12-11-23-6-2/h13-15H,5-12H2,1-4H3,(H,20,21,22). The molecule has 6 heteroatoms. The summed E-state index contributed by atoms with van der Waals surface area (Å²) in [4.78, 5) is 8.83. The fourth-order valence-electron chi connectivity index (χ4n) is 3.65. The molecule has 0 aromatic carbocycles. The Labute approximate surface area is 161 Å². The molecular formula is C18H32IN3OSi. The fraction of sp³-hybridized carbons (Fsp3) is 0.778. The molecule has 1 aromatic rings. The number of hydrogen-bond acceptors (Lipinski definition) is 4. The molecule has 0 unspecified atom stereocenters. The highest BCUT2D eigenvalue weighted by Crippen LogP contribution is 2.39. The zero-order valence-corrected chi connectivity index (χ0v) is 18.7. The first-order valence-electron chi connectivity index (χ1n) is 9.31. The van der Waals surface area contributed by atoms with Crippen LogP contribution in [0.1, 0.15) is 45.2 Å². The zero-order valence-electron chi connectivity index (χ0n) is 15.6. The molecule has 0 saturated heterocycles. The van der Waals surface area contributed by atoms with Crippen LogP contribution in [0.15, 0.2) is 6.33 Å². The van der Waals surface area contributed by atoms with E-state index in [1.807, 2.05) is 0 Å². The molecule has 1 fully saturated rings. The van der Waals surface area contributed by atoms with Gasteiger partial charge in [0.15, 0.2) is 0 Å². The predicted molar refractivity (Wildman–Crippen MR) is 113 cm³/mol. The Kier molecular flexibility index (Phi) is 7.94. The van der Waals surface area contributed by atoms with Gasteiger partial charge in [0.25, 0.3) is 0 Å². The lowest BCUT2D eigenvalue weighted by Crippen LogP contribution is -2.38. The maximum atomic E-state index is 5.60. The van der Waals surface area contributed by atoms with Gasteiger partial charge in [-0.1, -0.05) is 32.9 Å². The van der Waals surface area contributed by atoms with Crippen molar-refractivity contribution in [3.05, 3.63) is 15.6 Å². The van der Waals surface area contributed by atoms with E-state index in [-0.39, 0.29) is 0 Å². The SMILES string of the molecule is CCOCC[Si](C)(C)C1CCC(Nc2ncnc(CC)c2I)CC1. The maximum Gasteiger partial charge on any atom is 0.143 e. The minimum Gasteiger partial charge on any atom is -0.382 e. The van der Waals surface area contributed by atoms with E-state index in [4.69, 9.17) is 4.74 Å². The van der Waals surface area contributed by atoms with E-state index in [0.29, 0.717) is 6.04 Å². The van der Waals surface area contributed by atoms with E-state index in [0.717, 1.165) is 36.7 Å². The Morgan fingerprint density at radius 2 is 1.92 bits per heavy atom. The van der Waals surface area contributed by atoms with E-state index in [1.165, 1.54) is 35.3 Å². The highest BCUT2D eigenvalue weighted by atomic mass is 127. The molecule has 1 aromatic heterocycles. The van der Waals surface area contributed by atoms with Crippen molar-refractivity contribution >= 4 is 36.5 Å². The molecule has 0 atom stereocenters. The quantitative estimate of drug-likeness (QED) is 0.332. The van der Waals surface area contributed by atoms with Gasteiger partial charge in [0, 0.05) is 19.3 Å². The van der Waals surface area contributed by atoms with Crippen molar-refractivity contribution in [3.8, 4) is 0 Å². The smallest absolute Gasteiger partial charge is 0.143 e. The van der Waals surface area contributed by atoms with E-state index in [1.54, 1.807) is 6.33 Å². The summed E-state index contributed by atoms with van der Waals surface area (Å²) in [6.45, 7) is 11.1. The average Bonchev–Trinajstić information content (AvgIpc) is 2.57. The number of hydrogen-bond donors (Lipinski definition) is 1. The second-order valence-corrected chi connectivity index (χ2v) is 13.8. The third-order valence-corrected chi connectivity index (χ3v) is 10.9. The first-order chi connectivity index (χ1) is 11.5. The van der Waals surface area contributed by atoms with Crippen LogP contribution >= 0.6 is 22.6 Å². The predicted octanol–water partition coefficient (Wildman–Crippen LogP) is 5.11. The van der Waals surface area contributed by atoms with Crippen LogP contribution in [0.4, 0.5) is 5.82 Å². The number of nitrogens with one attached hydrogen (secondary N) is 1. The fourth-order valence-corrected chi connectivity index (χ4v) is 7.44. The lowest BCUT2D eigenvalue weighted by molar-refractivity contribution is 0.160. The molecule has 136 valence electrons. The van der Waals surface area contributed by atoms with E-state index < -0.39 is 8.07 Å². The summed E-state index contributed by atoms with van der Waals surface area (Å²) in [6, 6.07) is 1.86. The molecule has 1 aliphatic rings. The summed E-state index contributed by atoms with van der Waals surface area (Å²) in [6.07, 6.45) is 7.88. The Bertz CT molecular complexity index is 519. The Morgan fingerprint density at radius 1 is 1.21 bits per heavy atom. The van der Waals surface area contributed by atoms with Crippen LogP contribution in [-0.4, -0.2) is 37.3 Å². The summed E-state index contributed by atoms with van der Waals surface area (Å²) in [5.74, 6) is 1.03. The molecule has 4 nitrogen and oxygen atoms in total. The number of ether oxygens (including phenoxy) is 1. The largest absolute Gasteiger partial charge is 0.382 e. The lowest BCUT2D eigenvalue weighted by atomic mass is 9.95. The van der Waals surface area contributed by atoms with Crippen LogP contribution in [-0.2, 0) is 11.2 Å². The number of rotatable bonds is 8. The van der Waals surface area contributed by atoms with Gasteiger partial charge in [-0.3, -0.25) is 0 Å². The topological polar surface area (TPSA) is 47.0 Å². The van der Waals surface area contributed by atoms with E-state index in [2.05, 4.69) is 64.8 Å². The number of aryl methyl sites for hydroxylation is 1. The van der Waals surface area contributed by atoms with Crippen molar-refractivity contribution in [2.75, 3.05) is 18.5 Å². The summed E-state index contributed by atoms with van der Waals surface area (Å²) in [7, 11) is -1.17. The van der Waals surface area contributed by atoms with Crippen molar-refractivity contribution in [3.63, 3.8) is 0 Å². The molecule has 1 heterocycles. The van der Waals surface area contributed by atoms with Crippen LogP contribution in [0.3, 0.4) is 0 Å².